The standard InChI is InChI=1S/C11H9Br2N5O3/c1-4-10(15-11(21)18-16-4)17-14-3-5-2-6(12)9(20)7(13)8(5)19/h2-3,19-20H,1H3,(H2,15,17,18,21)/b14-3+. The molecule has 1 heterocycles. The van der Waals surface area contributed by atoms with Gasteiger partial charge in [0.2, 0.25) is 0 Å². The van der Waals surface area contributed by atoms with E-state index >= 15 is 0 Å². The Bertz CT molecular complexity index is 775. The molecule has 0 unspecified atom stereocenters. The third kappa shape index (κ3) is 3.39. The van der Waals surface area contributed by atoms with Gasteiger partial charge in [0.05, 0.1) is 10.7 Å². The van der Waals surface area contributed by atoms with Gasteiger partial charge in [0.1, 0.15) is 21.7 Å². The van der Waals surface area contributed by atoms with Gasteiger partial charge in [-0.2, -0.15) is 15.2 Å². The first-order valence-corrected chi connectivity index (χ1v) is 7.11. The number of aromatic hydroxyl groups is 2. The Kier molecular flexibility index (Phi) is 4.58. The van der Waals surface area contributed by atoms with Crippen LogP contribution in [0.15, 0.2) is 24.9 Å². The van der Waals surface area contributed by atoms with Crippen molar-refractivity contribution in [2.75, 3.05) is 5.43 Å². The maximum Gasteiger partial charge on any atom is 0.363 e. The molecule has 8 nitrogen and oxygen atoms in total. The Morgan fingerprint density at radius 1 is 1.38 bits per heavy atom. The molecular weight excluding hydrogens is 410 g/mol. The summed E-state index contributed by atoms with van der Waals surface area (Å²) in [6.45, 7) is 1.64. The van der Waals surface area contributed by atoms with Gasteiger partial charge in [0.15, 0.2) is 5.82 Å². The van der Waals surface area contributed by atoms with E-state index in [9.17, 15) is 15.0 Å². The van der Waals surface area contributed by atoms with Gasteiger partial charge in [-0.1, -0.05) is 0 Å². The molecule has 1 aromatic carbocycles. The van der Waals surface area contributed by atoms with Gasteiger partial charge < -0.3 is 10.2 Å². The summed E-state index contributed by atoms with van der Waals surface area (Å²) in [5.74, 6) is -0.0877. The van der Waals surface area contributed by atoms with E-state index in [1.807, 2.05) is 0 Å². The van der Waals surface area contributed by atoms with Crippen molar-refractivity contribution >= 4 is 43.9 Å². The fourth-order valence-corrected chi connectivity index (χ4v) is 2.53. The number of H-pyrrole nitrogens is 1. The van der Waals surface area contributed by atoms with Gasteiger partial charge in [-0.05, 0) is 44.8 Å². The summed E-state index contributed by atoms with van der Waals surface area (Å²) in [7, 11) is 0. The highest BCUT2D eigenvalue weighted by atomic mass is 79.9. The third-order valence-corrected chi connectivity index (χ3v) is 3.80. The smallest absolute Gasteiger partial charge is 0.363 e. The molecule has 0 fully saturated rings. The lowest BCUT2D eigenvalue weighted by molar-refractivity contribution is 0.442. The summed E-state index contributed by atoms with van der Waals surface area (Å²) in [5, 5.41) is 29.3. The second-order valence-corrected chi connectivity index (χ2v) is 5.55. The zero-order chi connectivity index (χ0) is 15.6. The lowest BCUT2D eigenvalue weighted by Crippen LogP contribution is -2.15. The number of aromatic nitrogens is 3. The van der Waals surface area contributed by atoms with Gasteiger partial charge >= 0.3 is 5.69 Å². The molecule has 1 aromatic heterocycles. The van der Waals surface area contributed by atoms with Crippen molar-refractivity contribution in [1.82, 2.24) is 15.2 Å². The fourth-order valence-electron chi connectivity index (χ4n) is 1.38. The molecule has 0 aliphatic rings. The Balaban J connectivity index is 2.26. The molecule has 110 valence electrons. The zero-order valence-corrected chi connectivity index (χ0v) is 13.7. The number of aryl methyl sites for hydroxylation is 1. The third-order valence-electron chi connectivity index (χ3n) is 2.45. The highest BCUT2D eigenvalue weighted by Gasteiger charge is 2.12. The number of phenols is 2. The van der Waals surface area contributed by atoms with Gasteiger partial charge in [0, 0.05) is 5.56 Å². The average molecular weight is 419 g/mol. The van der Waals surface area contributed by atoms with E-state index in [0.29, 0.717) is 15.7 Å². The monoisotopic (exact) mass is 417 g/mol. The second kappa shape index (κ2) is 6.22. The highest BCUT2D eigenvalue weighted by molar-refractivity contribution is 9.11. The highest BCUT2D eigenvalue weighted by Crippen LogP contribution is 2.40. The summed E-state index contributed by atoms with van der Waals surface area (Å²) >= 11 is 6.21. The molecule has 21 heavy (non-hydrogen) atoms. The van der Waals surface area contributed by atoms with Gasteiger partial charge in [0.25, 0.3) is 0 Å². The fraction of sp³-hybridized carbons (Fsp3) is 0.0909. The molecule has 2 aromatic rings. The predicted octanol–water partition coefficient (Wildman–Crippen LogP) is 1.86. The quantitative estimate of drug-likeness (QED) is 0.445. The normalized spacial score (nSPS) is 11.0. The number of hydrazone groups is 1. The summed E-state index contributed by atoms with van der Waals surface area (Å²) in [6, 6.07) is 1.48. The van der Waals surface area contributed by atoms with E-state index in [1.165, 1.54) is 12.3 Å². The van der Waals surface area contributed by atoms with Crippen LogP contribution in [0.2, 0.25) is 0 Å². The Morgan fingerprint density at radius 2 is 2.10 bits per heavy atom. The van der Waals surface area contributed by atoms with E-state index in [2.05, 4.69) is 57.6 Å². The van der Waals surface area contributed by atoms with Crippen LogP contribution in [0.25, 0.3) is 0 Å². The summed E-state index contributed by atoms with van der Waals surface area (Å²) in [6.07, 6.45) is 1.31. The van der Waals surface area contributed by atoms with Crippen LogP contribution in [0.5, 0.6) is 11.5 Å². The number of hydrogen-bond donors (Lipinski definition) is 4. The molecule has 4 N–H and O–H groups in total. The van der Waals surface area contributed by atoms with Crippen molar-refractivity contribution in [2.45, 2.75) is 6.92 Å². The molecule has 0 saturated heterocycles. The largest absolute Gasteiger partial charge is 0.506 e. The number of aromatic amines is 1. The zero-order valence-electron chi connectivity index (χ0n) is 10.6. The van der Waals surface area contributed by atoms with E-state index in [0.717, 1.165) is 0 Å². The van der Waals surface area contributed by atoms with Crippen molar-refractivity contribution in [2.24, 2.45) is 5.10 Å². The first-order valence-electron chi connectivity index (χ1n) is 5.52. The molecule has 0 aliphatic heterocycles. The first kappa shape index (κ1) is 15.4. The van der Waals surface area contributed by atoms with E-state index in [4.69, 9.17) is 0 Å². The first-order chi connectivity index (χ1) is 9.90. The van der Waals surface area contributed by atoms with E-state index in [-0.39, 0.29) is 21.8 Å². The molecule has 0 amide bonds. The minimum atomic E-state index is -0.601. The maximum atomic E-state index is 11.1. The number of nitrogens with one attached hydrogen (secondary N) is 2. The lowest BCUT2D eigenvalue weighted by atomic mass is 10.2. The van der Waals surface area contributed by atoms with Crippen molar-refractivity contribution < 1.29 is 10.2 Å². The van der Waals surface area contributed by atoms with Crippen LogP contribution in [-0.4, -0.2) is 31.6 Å². The molecule has 10 heteroatoms. The molecule has 0 atom stereocenters. The van der Waals surface area contributed by atoms with Crippen LogP contribution in [0.3, 0.4) is 0 Å². The Hall–Kier alpha value is -1.94. The Morgan fingerprint density at radius 3 is 2.81 bits per heavy atom. The summed E-state index contributed by atoms with van der Waals surface area (Å²) in [5.41, 5.74) is 2.76. The van der Waals surface area contributed by atoms with Crippen molar-refractivity contribution in [3.05, 3.63) is 36.8 Å². The molecule has 0 aliphatic carbocycles. The van der Waals surface area contributed by atoms with Crippen LogP contribution in [0.1, 0.15) is 11.3 Å². The van der Waals surface area contributed by atoms with Crippen molar-refractivity contribution in [3.8, 4) is 11.5 Å². The minimum Gasteiger partial charge on any atom is -0.506 e. The van der Waals surface area contributed by atoms with Crippen LogP contribution in [-0.2, 0) is 0 Å². The van der Waals surface area contributed by atoms with Crippen LogP contribution < -0.4 is 11.1 Å². The van der Waals surface area contributed by atoms with E-state index in [1.54, 1.807) is 6.92 Å². The molecule has 2 rings (SSSR count). The molecule has 0 bridgehead atoms. The molecular formula is C11H9Br2N5O3. The van der Waals surface area contributed by atoms with Crippen molar-refractivity contribution in [1.29, 1.82) is 0 Å². The maximum absolute atomic E-state index is 11.1. The van der Waals surface area contributed by atoms with Crippen LogP contribution in [0.4, 0.5) is 5.82 Å². The number of nitrogens with zero attached hydrogens (tertiary/aromatic N) is 3. The number of halogens is 2. The molecule has 0 radical (unpaired) electrons. The number of phenolic OH excluding ortho intramolecular Hbond substituents is 2. The number of rotatable bonds is 3. The molecule has 0 spiro atoms. The topological polar surface area (TPSA) is 123 Å². The number of anilines is 1. The van der Waals surface area contributed by atoms with Gasteiger partial charge in [-0.25, -0.2) is 9.89 Å². The number of benzene rings is 1. The number of hydrogen-bond acceptors (Lipinski definition) is 7. The second-order valence-electron chi connectivity index (χ2n) is 3.90. The van der Waals surface area contributed by atoms with Crippen molar-refractivity contribution in [3.63, 3.8) is 0 Å². The van der Waals surface area contributed by atoms with Crippen LogP contribution in [0, 0.1) is 6.92 Å². The SMILES string of the molecule is Cc1n[nH]c(=O)nc1N/N=C/c1cc(Br)c(O)c(Br)c1O. The minimum absolute atomic E-state index is 0.117. The Labute approximate surface area is 135 Å². The summed E-state index contributed by atoms with van der Waals surface area (Å²) in [4.78, 5) is 14.7. The predicted molar refractivity (Wildman–Crippen MR) is 83.8 cm³/mol. The van der Waals surface area contributed by atoms with Crippen LogP contribution >= 0.6 is 31.9 Å². The van der Waals surface area contributed by atoms with Gasteiger partial charge in [-0.3, -0.25) is 5.43 Å². The lowest BCUT2D eigenvalue weighted by Gasteiger charge is -2.06. The van der Waals surface area contributed by atoms with Gasteiger partial charge in [-0.15, -0.1) is 0 Å². The average Bonchev–Trinajstić information content (AvgIpc) is 2.45. The van der Waals surface area contributed by atoms with E-state index < -0.39 is 5.69 Å². The summed E-state index contributed by atoms with van der Waals surface area (Å²) < 4.78 is 0.534. The molecule has 0 saturated carbocycles.